The molecule has 0 saturated heterocycles. The number of rotatable bonds is 9. The van der Waals surface area contributed by atoms with Crippen LogP contribution in [0.5, 0.6) is 0 Å². The fourth-order valence-electron chi connectivity index (χ4n) is 2.00. The van der Waals surface area contributed by atoms with Gasteiger partial charge in [0.05, 0.1) is 5.69 Å². The van der Waals surface area contributed by atoms with E-state index in [0.717, 1.165) is 31.0 Å². The SMILES string of the molecule is CCCn1cc(CCCCCCC(C)C)nn1. The molecule has 98 valence electrons. The molecular weight excluding hydrogens is 210 g/mol. The fraction of sp³-hybridized carbons (Fsp3) is 0.857. The monoisotopic (exact) mass is 237 g/mol. The lowest BCUT2D eigenvalue weighted by molar-refractivity contribution is 0.519. The largest absolute Gasteiger partial charge is 0.252 e. The molecule has 1 aromatic heterocycles. The molecule has 0 amide bonds. The number of unbranched alkanes of at least 4 members (excludes halogenated alkanes) is 3. The van der Waals surface area contributed by atoms with Gasteiger partial charge in [-0.2, -0.15) is 0 Å². The molecule has 1 aromatic rings. The van der Waals surface area contributed by atoms with E-state index in [1.165, 1.54) is 32.1 Å². The van der Waals surface area contributed by atoms with Gasteiger partial charge in [0.2, 0.25) is 0 Å². The second kappa shape index (κ2) is 8.26. The third kappa shape index (κ3) is 6.44. The maximum atomic E-state index is 4.19. The normalized spacial score (nSPS) is 11.3. The standard InChI is InChI=1S/C14H27N3/c1-4-11-17-12-14(15-16-17)10-8-6-5-7-9-13(2)3/h12-13H,4-11H2,1-3H3. The Morgan fingerprint density at radius 2 is 1.94 bits per heavy atom. The Morgan fingerprint density at radius 1 is 1.18 bits per heavy atom. The quantitative estimate of drug-likeness (QED) is 0.611. The van der Waals surface area contributed by atoms with Crippen LogP contribution in [0.1, 0.15) is 65.0 Å². The Bertz CT molecular complexity index is 291. The van der Waals surface area contributed by atoms with Crippen molar-refractivity contribution in [3.63, 3.8) is 0 Å². The van der Waals surface area contributed by atoms with Crippen LogP contribution in [0.3, 0.4) is 0 Å². The van der Waals surface area contributed by atoms with Crippen LogP contribution in [0.4, 0.5) is 0 Å². The van der Waals surface area contributed by atoms with E-state index in [1.54, 1.807) is 0 Å². The molecule has 0 aliphatic carbocycles. The molecule has 3 heteroatoms. The summed E-state index contributed by atoms with van der Waals surface area (Å²) in [5, 5.41) is 8.30. The summed E-state index contributed by atoms with van der Waals surface area (Å²) in [6.45, 7) is 7.75. The first-order chi connectivity index (χ1) is 8.22. The van der Waals surface area contributed by atoms with E-state index >= 15 is 0 Å². The van der Waals surface area contributed by atoms with E-state index in [4.69, 9.17) is 0 Å². The maximum Gasteiger partial charge on any atom is 0.0827 e. The first kappa shape index (κ1) is 14.2. The minimum Gasteiger partial charge on any atom is -0.252 e. The molecule has 0 N–H and O–H groups in total. The van der Waals surface area contributed by atoms with Crippen molar-refractivity contribution in [2.75, 3.05) is 0 Å². The highest BCUT2D eigenvalue weighted by Crippen LogP contribution is 2.11. The van der Waals surface area contributed by atoms with E-state index in [9.17, 15) is 0 Å². The number of hydrogen-bond acceptors (Lipinski definition) is 2. The van der Waals surface area contributed by atoms with Crippen molar-refractivity contribution < 1.29 is 0 Å². The van der Waals surface area contributed by atoms with Gasteiger partial charge < -0.3 is 0 Å². The molecule has 1 rings (SSSR count). The molecule has 0 atom stereocenters. The van der Waals surface area contributed by atoms with E-state index in [1.807, 2.05) is 4.68 Å². The minimum absolute atomic E-state index is 0.851. The second-order valence-electron chi connectivity index (χ2n) is 5.32. The zero-order valence-corrected chi connectivity index (χ0v) is 11.7. The van der Waals surface area contributed by atoms with Gasteiger partial charge in [-0.3, -0.25) is 4.68 Å². The Kier molecular flexibility index (Phi) is 6.90. The molecule has 0 spiro atoms. The molecule has 0 aliphatic heterocycles. The van der Waals surface area contributed by atoms with Gasteiger partial charge in [-0.25, -0.2) is 0 Å². The molecule has 0 fully saturated rings. The third-order valence-electron chi connectivity index (χ3n) is 3.00. The predicted octanol–water partition coefficient (Wildman–Crippen LogP) is 3.84. The summed E-state index contributed by atoms with van der Waals surface area (Å²) in [5.74, 6) is 0.851. The fourth-order valence-corrected chi connectivity index (χ4v) is 2.00. The highest BCUT2D eigenvalue weighted by Gasteiger charge is 2.00. The summed E-state index contributed by atoms with van der Waals surface area (Å²) in [5.41, 5.74) is 1.15. The Morgan fingerprint density at radius 3 is 2.65 bits per heavy atom. The van der Waals surface area contributed by atoms with Crippen molar-refractivity contribution >= 4 is 0 Å². The van der Waals surface area contributed by atoms with Crippen molar-refractivity contribution in [2.45, 2.75) is 72.3 Å². The molecular formula is C14H27N3. The van der Waals surface area contributed by atoms with Gasteiger partial charge in [0, 0.05) is 12.7 Å². The van der Waals surface area contributed by atoms with Crippen molar-refractivity contribution in [3.05, 3.63) is 11.9 Å². The van der Waals surface area contributed by atoms with Gasteiger partial charge in [-0.1, -0.05) is 51.7 Å². The zero-order valence-electron chi connectivity index (χ0n) is 11.7. The lowest BCUT2D eigenvalue weighted by atomic mass is 10.0. The Balaban J connectivity index is 2.05. The van der Waals surface area contributed by atoms with E-state index in [0.29, 0.717) is 0 Å². The summed E-state index contributed by atoms with van der Waals surface area (Å²) in [6, 6.07) is 0. The summed E-state index contributed by atoms with van der Waals surface area (Å²) in [7, 11) is 0. The highest BCUT2D eigenvalue weighted by atomic mass is 15.4. The minimum atomic E-state index is 0.851. The topological polar surface area (TPSA) is 30.7 Å². The van der Waals surface area contributed by atoms with Crippen LogP contribution >= 0.6 is 0 Å². The summed E-state index contributed by atoms with van der Waals surface area (Å²) in [6.07, 6.45) is 11.0. The van der Waals surface area contributed by atoms with Gasteiger partial charge in [-0.15, -0.1) is 5.10 Å². The first-order valence-corrected chi connectivity index (χ1v) is 7.11. The maximum absolute atomic E-state index is 4.19. The predicted molar refractivity (Wildman–Crippen MR) is 71.9 cm³/mol. The summed E-state index contributed by atoms with van der Waals surface area (Å²) < 4.78 is 1.95. The van der Waals surface area contributed by atoms with Crippen LogP contribution < -0.4 is 0 Å². The third-order valence-corrected chi connectivity index (χ3v) is 3.00. The van der Waals surface area contributed by atoms with Gasteiger partial charge >= 0.3 is 0 Å². The average Bonchev–Trinajstić information content (AvgIpc) is 2.71. The summed E-state index contributed by atoms with van der Waals surface area (Å²) in [4.78, 5) is 0. The number of aromatic nitrogens is 3. The van der Waals surface area contributed by atoms with Crippen LogP contribution in [0.2, 0.25) is 0 Å². The van der Waals surface area contributed by atoms with Crippen molar-refractivity contribution in [3.8, 4) is 0 Å². The molecule has 0 unspecified atom stereocenters. The van der Waals surface area contributed by atoms with Crippen LogP contribution in [-0.2, 0) is 13.0 Å². The van der Waals surface area contributed by atoms with Crippen LogP contribution in [0, 0.1) is 5.92 Å². The van der Waals surface area contributed by atoms with Gasteiger partial charge in [0.25, 0.3) is 0 Å². The van der Waals surface area contributed by atoms with Crippen LogP contribution in [0.15, 0.2) is 6.20 Å². The second-order valence-corrected chi connectivity index (χ2v) is 5.32. The Labute approximate surface area is 106 Å². The number of aryl methyl sites for hydroxylation is 2. The van der Waals surface area contributed by atoms with Gasteiger partial charge in [0.15, 0.2) is 0 Å². The molecule has 1 heterocycles. The average molecular weight is 237 g/mol. The molecule has 0 bridgehead atoms. The highest BCUT2D eigenvalue weighted by molar-refractivity contribution is 4.91. The number of hydrogen-bond donors (Lipinski definition) is 0. The molecule has 0 radical (unpaired) electrons. The van der Waals surface area contributed by atoms with Crippen molar-refractivity contribution in [1.29, 1.82) is 0 Å². The van der Waals surface area contributed by atoms with Crippen LogP contribution in [-0.4, -0.2) is 15.0 Å². The van der Waals surface area contributed by atoms with Crippen molar-refractivity contribution in [2.24, 2.45) is 5.92 Å². The van der Waals surface area contributed by atoms with Crippen molar-refractivity contribution in [1.82, 2.24) is 15.0 Å². The van der Waals surface area contributed by atoms with E-state index in [2.05, 4.69) is 37.3 Å². The van der Waals surface area contributed by atoms with Gasteiger partial charge in [-0.05, 0) is 25.2 Å². The molecule has 0 aliphatic rings. The number of nitrogens with zero attached hydrogens (tertiary/aromatic N) is 3. The lowest BCUT2D eigenvalue weighted by Crippen LogP contribution is -1.96. The van der Waals surface area contributed by atoms with E-state index in [-0.39, 0.29) is 0 Å². The smallest absolute Gasteiger partial charge is 0.0827 e. The Hall–Kier alpha value is -0.860. The molecule has 0 saturated carbocycles. The van der Waals surface area contributed by atoms with E-state index < -0.39 is 0 Å². The molecule has 0 aromatic carbocycles. The zero-order chi connectivity index (χ0) is 12.5. The molecule has 17 heavy (non-hydrogen) atoms. The van der Waals surface area contributed by atoms with Gasteiger partial charge in [0.1, 0.15) is 0 Å². The first-order valence-electron chi connectivity index (χ1n) is 7.11. The lowest BCUT2D eigenvalue weighted by Gasteiger charge is -2.03. The molecule has 3 nitrogen and oxygen atoms in total. The van der Waals surface area contributed by atoms with Crippen LogP contribution in [0.25, 0.3) is 0 Å². The summed E-state index contributed by atoms with van der Waals surface area (Å²) >= 11 is 0.